The van der Waals surface area contributed by atoms with Gasteiger partial charge in [-0.2, -0.15) is 13.2 Å². The minimum Gasteiger partial charge on any atom is -0.497 e. The topological polar surface area (TPSA) is 94.6 Å². The van der Waals surface area contributed by atoms with Gasteiger partial charge >= 0.3 is 6.18 Å². The minimum atomic E-state index is -4.65. The van der Waals surface area contributed by atoms with Crippen LogP contribution in [0.2, 0.25) is 0 Å². The second-order valence-corrected chi connectivity index (χ2v) is 5.80. The molecule has 3 aromatic rings. The number of rotatable bonds is 5. The normalized spacial score (nSPS) is 11.2. The van der Waals surface area contributed by atoms with Gasteiger partial charge < -0.3 is 14.5 Å². The van der Waals surface area contributed by atoms with Crippen LogP contribution in [0.3, 0.4) is 0 Å². The number of hydrogen-bond acceptors (Lipinski definition) is 5. The lowest BCUT2D eigenvalue weighted by Crippen LogP contribution is -2.16. The molecule has 0 saturated heterocycles. The lowest BCUT2D eigenvalue weighted by molar-refractivity contribution is -0.384. The van der Waals surface area contributed by atoms with Crippen LogP contribution in [0.5, 0.6) is 5.75 Å². The van der Waals surface area contributed by atoms with Crippen molar-refractivity contribution >= 4 is 17.3 Å². The van der Waals surface area contributed by atoms with Gasteiger partial charge in [0.2, 0.25) is 0 Å². The molecule has 1 N–H and O–H groups in total. The summed E-state index contributed by atoms with van der Waals surface area (Å²) in [7, 11) is 1.35. The van der Waals surface area contributed by atoms with Crippen LogP contribution < -0.4 is 10.1 Å². The number of nitro groups is 1. The van der Waals surface area contributed by atoms with Crippen LogP contribution in [0.4, 0.5) is 24.5 Å². The van der Waals surface area contributed by atoms with E-state index in [1.54, 1.807) is 0 Å². The third kappa shape index (κ3) is 4.21. The number of ether oxygens (including phenoxy) is 1. The molecule has 0 saturated carbocycles. The molecule has 1 aromatic heterocycles. The van der Waals surface area contributed by atoms with E-state index in [1.165, 1.54) is 49.6 Å². The number of alkyl halides is 3. The minimum absolute atomic E-state index is 0.00797. The maximum Gasteiger partial charge on any atom is 0.418 e. The van der Waals surface area contributed by atoms with Crippen molar-refractivity contribution in [3.8, 4) is 17.1 Å². The number of hydrogen-bond donors (Lipinski definition) is 1. The second-order valence-electron chi connectivity index (χ2n) is 5.80. The van der Waals surface area contributed by atoms with E-state index in [0.717, 1.165) is 12.1 Å². The van der Waals surface area contributed by atoms with Gasteiger partial charge in [0.05, 0.1) is 34.9 Å². The summed E-state index contributed by atoms with van der Waals surface area (Å²) < 4.78 is 49.5. The summed E-state index contributed by atoms with van der Waals surface area (Å²) >= 11 is 0. The molecule has 0 bridgehead atoms. The number of benzene rings is 2. The highest BCUT2D eigenvalue weighted by molar-refractivity contribution is 6.03. The first-order valence-electron chi connectivity index (χ1n) is 8.11. The van der Waals surface area contributed by atoms with Crippen LogP contribution in [0, 0.1) is 10.1 Å². The fourth-order valence-corrected chi connectivity index (χ4v) is 2.63. The standard InChI is InChI=1S/C19H13F3N2O5/c1-28-11-6-7-12(15(10-11)24(26)27)16-8-9-17(29-16)18(25)23-14-5-3-2-4-13(14)19(20,21)22/h2-10H,1H3,(H,23,25). The van der Waals surface area contributed by atoms with Gasteiger partial charge in [0.25, 0.3) is 11.6 Å². The van der Waals surface area contributed by atoms with E-state index in [4.69, 9.17) is 9.15 Å². The van der Waals surface area contributed by atoms with Crippen LogP contribution >= 0.6 is 0 Å². The largest absolute Gasteiger partial charge is 0.497 e. The average molecular weight is 406 g/mol. The number of carbonyl (C=O) groups is 1. The molecule has 10 heteroatoms. The maximum atomic E-state index is 13.1. The predicted molar refractivity (Wildman–Crippen MR) is 96.7 cm³/mol. The van der Waals surface area contributed by atoms with Crippen molar-refractivity contribution in [1.82, 2.24) is 0 Å². The molecule has 0 aliphatic rings. The highest BCUT2D eigenvalue weighted by atomic mass is 19.4. The summed E-state index contributed by atoms with van der Waals surface area (Å²) in [5, 5.41) is 13.4. The van der Waals surface area contributed by atoms with E-state index < -0.39 is 28.3 Å². The molecule has 0 radical (unpaired) electrons. The Morgan fingerprint density at radius 3 is 2.52 bits per heavy atom. The Morgan fingerprint density at radius 2 is 1.86 bits per heavy atom. The number of para-hydroxylation sites is 1. The summed E-state index contributed by atoms with van der Waals surface area (Å²) in [5.74, 6) is -0.964. The molecule has 0 unspecified atom stereocenters. The number of nitro benzene ring substituents is 1. The van der Waals surface area contributed by atoms with Gasteiger partial charge in [0.15, 0.2) is 5.76 Å². The third-order valence-electron chi connectivity index (χ3n) is 3.98. The van der Waals surface area contributed by atoms with E-state index in [0.29, 0.717) is 0 Å². The number of halogens is 3. The molecule has 29 heavy (non-hydrogen) atoms. The molecule has 1 heterocycles. The first kappa shape index (κ1) is 19.9. The molecular formula is C19H13F3N2O5. The molecule has 0 aliphatic heterocycles. The molecule has 2 aromatic carbocycles. The lowest BCUT2D eigenvalue weighted by atomic mass is 10.1. The molecule has 7 nitrogen and oxygen atoms in total. The van der Waals surface area contributed by atoms with Gasteiger partial charge in [-0.05, 0) is 36.4 Å². The first-order valence-corrected chi connectivity index (χ1v) is 8.11. The molecule has 150 valence electrons. The van der Waals surface area contributed by atoms with Crippen LogP contribution in [-0.4, -0.2) is 17.9 Å². The van der Waals surface area contributed by atoms with Crippen molar-refractivity contribution < 1.29 is 32.0 Å². The zero-order valence-corrected chi connectivity index (χ0v) is 14.8. The van der Waals surface area contributed by atoms with E-state index >= 15 is 0 Å². The van der Waals surface area contributed by atoms with Crippen LogP contribution in [0.15, 0.2) is 59.0 Å². The van der Waals surface area contributed by atoms with Crippen LogP contribution in [0.25, 0.3) is 11.3 Å². The van der Waals surface area contributed by atoms with Crippen LogP contribution in [0.1, 0.15) is 16.1 Å². The van der Waals surface area contributed by atoms with Crippen molar-refractivity contribution in [1.29, 1.82) is 0 Å². The van der Waals surface area contributed by atoms with Gasteiger partial charge in [-0.25, -0.2) is 0 Å². The van der Waals surface area contributed by atoms with E-state index in [9.17, 15) is 28.1 Å². The molecule has 1 amide bonds. The summed E-state index contributed by atoms with van der Waals surface area (Å²) in [4.78, 5) is 23.0. The number of furan rings is 1. The van der Waals surface area contributed by atoms with Crippen molar-refractivity contribution in [2.75, 3.05) is 12.4 Å². The summed E-state index contributed by atoms with van der Waals surface area (Å²) in [6.07, 6.45) is -4.65. The number of nitrogens with zero attached hydrogens (tertiary/aromatic N) is 1. The number of nitrogens with one attached hydrogen (secondary N) is 1. The molecular weight excluding hydrogens is 393 g/mol. The van der Waals surface area contributed by atoms with Crippen molar-refractivity contribution in [3.63, 3.8) is 0 Å². The highest BCUT2D eigenvalue weighted by Crippen LogP contribution is 2.36. The fraction of sp³-hybridized carbons (Fsp3) is 0.105. The fourth-order valence-electron chi connectivity index (χ4n) is 2.63. The number of amides is 1. The smallest absolute Gasteiger partial charge is 0.418 e. The predicted octanol–water partition coefficient (Wildman–Crippen LogP) is 5.13. The van der Waals surface area contributed by atoms with Gasteiger partial charge in [0, 0.05) is 0 Å². The number of carbonyl (C=O) groups excluding carboxylic acids is 1. The molecule has 0 aliphatic carbocycles. The number of methoxy groups -OCH3 is 1. The van der Waals surface area contributed by atoms with Crippen molar-refractivity contribution in [2.45, 2.75) is 6.18 Å². The Hall–Kier alpha value is -3.82. The number of anilines is 1. The van der Waals surface area contributed by atoms with E-state index in [2.05, 4.69) is 5.32 Å². The Balaban J connectivity index is 1.90. The summed E-state index contributed by atoms with van der Waals surface area (Å²) in [5.41, 5.74) is -1.66. The monoisotopic (exact) mass is 406 g/mol. The maximum absolute atomic E-state index is 13.1. The zero-order valence-electron chi connectivity index (χ0n) is 14.8. The van der Waals surface area contributed by atoms with Crippen LogP contribution in [-0.2, 0) is 6.18 Å². The molecule has 0 fully saturated rings. The SMILES string of the molecule is COc1ccc(-c2ccc(C(=O)Nc3ccccc3C(F)(F)F)o2)c([N+](=O)[O-])c1. The summed E-state index contributed by atoms with van der Waals surface area (Å²) in [6, 6.07) is 11.1. The first-order chi connectivity index (χ1) is 13.7. The highest BCUT2D eigenvalue weighted by Gasteiger charge is 2.33. The average Bonchev–Trinajstić information content (AvgIpc) is 3.17. The van der Waals surface area contributed by atoms with Gasteiger partial charge in [-0.3, -0.25) is 14.9 Å². The Labute approximate surface area is 161 Å². The zero-order chi connectivity index (χ0) is 21.2. The Bertz CT molecular complexity index is 1080. The van der Waals surface area contributed by atoms with Crippen molar-refractivity contribution in [2.24, 2.45) is 0 Å². The third-order valence-corrected chi connectivity index (χ3v) is 3.98. The lowest BCUT2D eigenvalue weighted by Gasteiger charge is -2.12. The molecule has 3 rings (SSSR count). The summed E-state index contributed by atoms with van der Waals surface area (Å²) in [6.45, 7) is 0. The Morgan fingerprint density at radius 1 is 1.14 bits per heavy atom. The Kier molecular flexibility index (Phi) is 5.26. The van der Waals surface area contributed by atoms with Gasteiger partial charge in [-0.15, -0.1) is 0 Å². The van der Waals surface area contributed by atoms with Gasteiger partial charge in [0.1, 0.15) is 11.5 Å². The van der Waals surface area contributed by atoms with Gasteiger partial charge in [-0.1, -0.05) is 12.1 Å². The van der Waals surface area contributed by atoms with E-state index in [-0.39, 0.29) is 28.5 Å². The second kappa shape index (κ2) is 7.66. The van der Waals surface area contributed by atoms with E-state index in [1.807, 2.05) is 0 Å². The molecule has 0 atom stereocenters. The quantitative estimate of drug-likeness (QED) is 0.468. The molecule has 0 spiro atoms. The van der Waals surface area contributed by atoms with Crippen molar-refractivity contribution in [3.05, 3.63) is 76.0 Å².